The van der Waals surface area contributed by atoms with E-state index in [9.17, 15) is 9.59 Å². The van der Waals surface area contributed by atoms with Gasteiger partial charge < -0.3 is 15.2 Å². The number of hydrogen-bond donors (Lipinski definition) is 2. The van der Waals surface area contributed by atoms with E-state index in [4.69, 9.17) is 9.84 Å². The van der Waals surface area contributed by atoms with E-state index in [-0.39, 0.29) is 0 Å². The lowest BCUT2D eigenvalue weighted by Crippen LogP contribution is -2.43. The van der Waals surface area contributed by atoms with Gasteiger partial charge in [0.2, 0.25) is 0 Å². The number of carbonyl (C=O) groups is 2. The zero-order chi connectivity index (χ0) is 15.0. The molecule has 2 N–H and O–H groups in total. The summed E-state index contributed by atoms with van der Waals surface area (Å²) in [7, 11) is 1.43. The van der Waals surface area contributed by atoms with Gasteiger partial charge in [0.05, 0.1) is 0 Å². The minimum Gasteiger partial charge on any atom is -0.480 e. The van der Waals surface area contributed by atoms with Crippen LogP contribution < -0.4 is 5.32 Å². The molecule has 110 valence electrons. The standard InChI is InChI=1S/C15H21NO4/c1-3-4-10-12(15(18)19)16-14(17)13(20-2)11-8-6-5-7-9-11/h5-9,12-13H,3-4,10H2,1-2H3,(H,16,17)(H,18,19). The van der Waals surface area contributed by atoms with Gasteiger partial charge in [-0.2, -0.15) is 0 Å². The molecule has 2 unspecified atom stereocenters. The van der Waals surface area contributed by atoms with E-state index in [2.05, 4.69) is 5.32 Å². The second kappa shape index (κ2) is 8.32. The van der Waals surface area contributed by atoms with Crippen molar-refractivity contribution in [2.75, 3.05) is 7.11 Å². The molecule has 20 heavy (non-hydrogen) atoms. The van der Waals surface area contributed by atoms with E-state index in [0.717, 1.165) is 12.8 Å². The Labute approximate surface area is 118 Å². The van der Waals surface area contributed by atoms with Crippen molar-refractivity contribution in [3.8, 4) is 0 Å². The molecule has 5 heteroatoms. The highest BCUT2D eigenvalue weighted by Crippen LogP contribution is 2.16. The van der Waals surface area contributed by atoms with Gasteiger partial charge in [-0.1, -0.05) is 50.1 Å². The number of aliphatic carboxylic acids is 1. The third-order valence-corrected chi connectivity index (χ3v) is 3.04. The van der Waals surface area contributed by atoms with E-state index in [1.54, 1.807) is 24.3 Å². The summed E-state index contributed by atoms with van der Waals surface area (Å²) >= 11 is 0. The molecule has 0 aliphatic carbocycles. The summed E-state index contributed by atoms with van der Waals surface area (Å²) in [5, 5.41) is 11.7. The van der Waals surface area contributed by atoms with Gasteiger partial charge in [0.1, 0.15) is 6.04 Å². The Hall–Kier alpha value is -1.88. The van der Waals surface area contributed by atoms with Crippen molar-refractivity contribution in [3.63, 3.8) is 0 Å². The average Bonchev–Trinajstić information content (AvgIpc) is 2.45. The molecule has 0 spiro atoms. The highest BCUT2D eigenvalue weighted by molar-refractivity contribution is 5.87. The van der Waals surface area contributed by atoms with Gasteiger partial charge in [-0.15, -0.1) is 0 Å². The Bertz CT molecular complexity index is 433. The van der Waals surface area contributed by atoms with Gasteiger partial charge in [0.15, 0.2) is 6.10 Å². The highest BCUT2D eigenvalue weighted by atomic mass is 16.5. The van der Waals surface area contributed by atoms with Crippen molar-refractivity contribution in [2.24, 2.45) is 0 Å². The van der Waals surface area contributed by atoms with Crippen LogP contribution in [0.5, 0.6) is 0 Å². The summed E-state index contributed by atoms with van der Waals surface area (Å²) in [5.41, 5.74) is 0.701. The molecule has 0 heterocycles. The minimum absolute atomic E-state index is 0.419. The number of methoxy groups -OCH3 is 1. The first-order valence-corrected chi connectivity index (χ1v) is 6.71. The Balaban J connectivity index is 2.73. The molecule has 1 aromatic carbocycles. The van der Waals surface area contributed by atoms with Gasteiger partial charge in [0, 0.05) is 7.11 Å². The summed E-state index contributed by atoms with van der Waals surface area (Å²) in [6.45, 7) is 1.97. The number of hydrogen-bond acceptors (Lipinski definition) is 3. The van der Waals surface area contributed by atoms with Crippen molar-refractivity contribution in [1.82, 2.24) is 5.32 Å². The number of ether oxygens (including phenoxy) is 1. The fraction of sp³-hybridized carbons (Fsp3) is 0.467. The van der Waals surface area contributed by atoms with Crippen molar-refractivity contribution >= 4 is 11.9 Å². The van der Waals surface area contributed by atoms with Crippen LogP contribution in [-0.4, -0.2) is 30.1 Å². The molecule has 1 rings (SSSR count). The molecule has 1 amide bonds. The van der Waals surface area contributed by atoms with Gasteiger partial charge in [-0.25, -0.2) is 4.79 Å². The monoisotopic (exact) mass is 279 g/mol. The normalized spacial score (nSPS) is 13.5. The van der Waals surface area contributed by atoms with Crippen LogP contribution >= 0.6 is 0 Å². The number of carboxylic acid groups (broad SMARTS) is 1. The van der Waals surface area contributed by atoms with E-state index >= 15 is 0 Å². The van der Waals surface area contributed by atoms with E-state index < -0.39 is 24.0 Å². The first-order valence-electron chi connectivity index (χ1n) is 6.71. The maximum absolute atomic E-state index is 12.2. The fourth-order valence-electron chi connectivity index (χ4n) is 1.94. The van der Waals surface area contributed by atoms with Crippen LogP contribution in [0.25, 0.3) is 0 Å². The number of rotatable bonds is 8. The number of unbranched alkanes of at least 4 members (excludes halogenated alkanes) is 1. The van der Waals surface area contributed by atoms with Crippen molar-refractivity contribution in [2.45, 2.75) is 38.3 Å². The summed E-state index contributed by atoms with van der Waals surface area (Å²) in [4.78, 5) is 23.3. The number of carbonyl (C=O) groups excluding carboxylic acids is 1. The second-order valence-electron chi connectivity index (χ2n) is 4.57. The Morgan fingerprint density at radius 1 is 1.30 bits per heavy atom. The van der Waals surface area contributed by atoms with Crippen LogP contribution in [0.15, 0.2) is 30.3 Å². The smallest absolute Gasteiger partial charge is 0.326 e. The Kier molecular flexibility index (Phi) is 6.73. The molecule has 0 aliphatic rings. The van der Waals surface area contributed by atoms with Crippen molar-refractivity contribution in [3.05, 3.63) is 35.9 Å². The topological polar surface area (TPSA) is 75.6 Å². The summed E-state index contributed by atoms with van der Waals surface area (Å²) in [6, 6.07) is 8.13. The van der Waals surface area contributed by atoms with Crippen LogP contribution in [0, 0.1) is 0 Å². The first-order chi connectivity index (χ1) is 9.60. The lowest BCUT2D eigenvalue weighted by atomic mass is 10.1. The number of benzene rings is 1. The molecular formula is C15H21NO4. The molecule has 0 saturated heterocycles. The zero-order valence-electron chi connectivity index (χ0n) is 11.8. The maximum Gasteiger partial charge on any atom is 0.326 e. The van der Waals surface area contributed by atoms with E-state index in [1.165, 1.54) is 7.11 Å². The maximum atomic E-state index is 12.2. The predicted molar refractivity (Wildman–Crippen MR) is 75.3 cm³/mol. The number of amides is 1. The third-order valence-electron chi connectivity index (χ3n) is 3.04. The SMILES string of the molecule is CCCCC(NC(=O)C(OC)c1ccccc1)C(=O)O. The fourth-order valence-corrected chi connectivity index (χ4v) is 1.94. The summed E-state index contributed by atoms with van der Waals surface area (Å²) in [6.07, 6.45) is 1.26. The van der Waals surface area contributed by atoms with E-state index in [1.807, 2.05) is 13.0 Å². The lowest BCUT2D eigenvalue weighted by molar-refractivity contribution is -0.144. The zero-order valence-corrected chi connectivity index (χ0v) is 11.8. The Morgan fingerprint density at radius 2 is 1.95 bits per heavy atom. The van der Waals surface area contributed by atoms with Gasteiger partial charge in [-0.3, -0.25) is 4.79 Å². The van der Waals surface area contributed by atoms with Crippen molar-refractivity contribution < 1.29 is 19.4 Å². The molecule has 0 fully saturated rings. The number of nitrogens with one attached hydrogen (secondary N) is 1. The molecule has 1 aromatic rings. The van der Waals surface area contributed by atoms with Crippen LogP contribution in [0.3, 0.4) is 0 Å². The molecular weight excluding hydrogens is 258 g/mol. The third kappa shape index (κ3) is 4.66. The summed E-state index contributed by atoms with van der Waals surface area (Å²) < 4.78 is 5.18. The van der Waals surface area contributed by atoms with Gasteiger partial charge >= 0.3 is 5.97 Å². The van der Waals surface area contributed by atoms with E-state index in [0.29, 0.717) is 12.0 Å². The molecule has 0 radical (unpaired) electrons. The van der Waals surface area contributed by atoms with Crippen LogP contribution in [-0.2, 0) is 14.3 Å². The first kappa shape index (κ1) is 16.2. The molecule has 0 bridgehead atoms. The number of carboxylic acids is 1. The molecule has 0 aliphatic heterocycles. The van der Waals surface area contributed by atoms with Gasteiger partial charge in [0.25, 0.3) is 5.91 Å². The predicted octanol–water partition coefficient (Wildman–Crippen LogP) is 2.13. The highest BCUT2D eigenvalue weighted by Gasteiger charge is 2.25. The molecule has 5 nitrogen and oxygen atoms in total. The summed E-state index contributed by atoms with van der Waals surface area (Å²) in [5.74, 6) is -1.45. The largest absolute Gasteiger partial charge is 0.480 e. The van der Waals surface area contributed by atoms with Crippen LogP contribution in [0.4, 0.5) is 0 Å². The van der Waals surface area contributed by atoms with Crippen LogP contribution in [0.1, 0.15) is 37.9 Å². The van der Waals surface area contributed by atoms with Crippen molar-refractivity contribution in [1.29, 1.82) is 0 Å². The van der Waals surface area contributed by atoms with Gasteiger partial charge in [-0.05, 0) is 12.0 Å². The van der Waals surface area contributed by atoms with Crippen LogP contribution in [0.2, 0.25) is 0 Å². The quantitative estimate of drug-likeness (QED) is 0.764. The second-order valence-corrected chi connectivity index (χ2v) is 4.57. The minimum atomic E-state index is -1.02. The molecule has 0 aromatic heterocycles. The molecule has 2 atom stereocenters. The average molecular weight is 279 g/mol. The Morgan fingerprint density at radius 3 is 2.45 bits per heavy atom. The lowest BCUT2D eigenvalue weighted by Gasteiger charge is -2.19. The molecule has 0 saturated carbocycles.